The first-order valence-electron chi connectivity index (χ1n) is 9.42. The van der Waals surface area contributed by atoms with Gasteiger partial charge in [-0.25, -0.2) is 4.68 Å². The quantitative estimate of drug-likeness (QED) is 0.861. The van der Waals surface area contributed by atoms with E-state index in [1.165, 1.54) is 12.8 Å². The van der Waals surface area contributed by atoms with Gasteiger partial charge in [-0.3, -0.25) is 4.79 Å². The van der Waals surface area contributed by atoms with E-state index in [1.807, 2.05) is 28.9 Å². The van der Waals surface area contributed by atoms with E-state index in [1.54, 1.807) is 6.20 Å². The molecule has 2 bridgehead atoms. The van der Waals surface area contributed by atoms with Crippen LogP contribution in [0, 0.1) is 0 Å². The second-order valence-electron chi connectivity index (χ2n) is 7.77. The summed E-state index contributed by atoms with van der Waals surface area (Å²) in [6, 6.07) is 8.91. The Hall–Kier alpha value is -1.85. The Kier molecular flexibility index (Phi) is 4.76. The monoisotopic (exact) mass is 372 g/mol. The number of piperidine rings is 1. The summed E-state index contributed by atoms with van der Waals surface area (Å²) in [7, 11) is 0. The number of benzene rings is 1. The average molecular weight is 373 g/mol. The van der Waals surface area contributed by atoms with Crippen molar-refractivity contribution in [1.29, 1.82) is 0 Å². The summed E-state index contributed by atoms with van der Waals surface area (Å²) in [6.07, 6.45) is 6.16. The van der Waals surface area contributed by atoms with Gasteiger partial charge in [-0.15, -0.1) is 0 Å². The zero-order valence-corrected chi connectivity index (χ0v) is 16.0. The second kappa shape index (κ2) is 7.05. The fourth-order valence-corrected chi connectivity index (χ4v) is 4.52. The van der Waals surface area contributed by atoms with Crippen molar-refractivity contribution < 1.29 is 4.79 Å². The van der Waals surface area contributed by atoms with Gasteiger partial charge in [0.15, 0.2) is 0 Å². The number of hydrogen-bond acceptors (Lipinski definition) is 3. The molecule has 2 unspecified atom stereocenters. The van der Waals surface area contributed by atoms with Gasteiger partial charge >= 0.3 is 0 Å². The minimum absolute atomic E-state index is 0.0201. The molecule has 0 spiro atoms. The Morgan fingerprint density at radius 3 is 2.69 bits per heavy atom. The Morgan fingerprint density at radius 1 is 1.31 bits per heavy atom. The molecule has 2 aliphatic heterocycles. The van der Waals surface area contributed by atoms with Gasteiger partial charge in [0.25, 0.3) is 5.91 Å². The molecule has 2 N–H and O–H groups in total. The maximum Gasteiger partial charge on any atom is 0.255 e. The van der Waals surface area contributed by atoms with E-state index in [9.17, 15) is 4.79 Å². The summed E-state index contributed by atoms with van der Waals surface area (Å²) < 4.78 is 1.83. The van der Waals surface area contributed by atoms with E-state index in [4.69, 9.17) is 11.6 Å². The third-order valence-corrected chi connectivity index (χ3v) is 5.69. The number of nitrogens with zero attached hydrogens (tertiary/aromatic N) is 2. The van der Waals surface area contributed by atoms with Crippen LogP contribution in [-0.4, -0.2) is 33.8 Å². The standard InChI is InChI=1S/C20H25ClN4O/c1-12(2)19-18(11-22-25(19)17-5-3-4-13(21)8-17)20(26)24-16-9-14-6-7-15(10-16)23-14/h3-5,8,11-12,14-16,23H,6-7,9-10H2,1-2H3,(H,24,26). The first kappa shape index (κ1) is 17.6. The lowest BCUT2D eigenvalue weighted by Gasteiger charge is -2.29. The van der Waals surface area contributed by atoms with Crippen molar-refractivity contribution in [3.05, 3.63) is 46.7 Å². The molecule has 3 heterocycles. The number of rotatable bonds is 4. The summed E-state index contributed by atoms with van der Waals surface area (Å²) in [5, 5.41) is 12.0. The number of carbonyl (C=O) groups excluding carboxylic acids is 1. The lowest BCUT2D eigenvalue weighted by Crippen LogP contribution is -2.48. The third-order valence-electron chi connectivity index (χ3n) is 5.46. The highest BCUT2D eigenvalue weighted by atomic mass is 35.5. The Bertz CT molecular complexity index is 804. The highest BCUT2D eigenvalue weighted by Crippen LogP contribution is 2.28. The van der Waals surface area contributed by atoms with Crippen LogP contribution < -0.4 is 10.6 Å². The number of amides is 1. The van der Waals surface area contributed by atoms with Crippen molar-refractivity contribution >= 4 is 17.5 Å². The van der Waals surface area contributed by atoms with Gasteiger partial charge in [0.05, 0.1) is 23.1 Å². The number of halogens is 1. The van der Waals surface area contributed by atoms with Gasteiger partial charge in [-0.05, 0) is 49.8 Å². The molecule has 5 nitrogen and oxygen atoms in total. The molecule has 2 aromatic rings. The molecule has 138 valence electrons. The highest BCUT2D eigenvalue weighted by Gasteiger charge is 2.34. The van der Waals surface area contributed by atoms with Crippen LogP contribution >= 0.6 is 11.6 Å². The molecular formula is C20H25ClN4O. The molecule has 6 heteroatoms. The fourth-order valence-electron chi connectivity index (χ4n) is 4.34. The minimum Gasteiger partial charge on any atom is -0.349 e. The number of hydrogen-bond donors (Lipinski definition) is 2. The first-order valence-corrected chi connectivity index (χ1v) is 9.80. The molecule has 4 rings (SSSR count). The van der Waals surface area contributed by atoms with Crippen molar-refractivity contribution in [3.8, 4) is 5.69 Å². The average Bonchev–Trinajstić information content (AvgIpc) is 3.18. The van der Waals surface area contributed by atoms with Crippen LogP contribution in [0.3, 0.4) is 0 Å². The van der Waals surface area contributed by atoms with Crippen molar-refractivity contribution in [1.82, 2.24) is 20.4 Å². The minimum atomic E-state index is -0.0201. The lowest BCUT2D eigenvalue weighted by molar-refractivity contribution is 0.0922. The van der Waals surface area contributed by atoms with Crippen LogP contribution in [0.2, 0.25) is 5.02 Å². The summed E-state index contributed by atoms with van der Waals surface area (Å²) in [5.41, 5.74) is 2.45. The topological polar surface area (TPSA) is 59.0 Å². The molecule has 2 aliphatic rings. The normalized spacial score (nSPS) is 24.8. The maximum atomic E-state index is 13.0. The number of nitrogens with one attached hydrogen (secondary N) is 2. The molecule has 2 saturated heterocycles. The zero-order valence-electron chi connectivity index (χ0n) is 15.2. The van der Waals surface area contributed by atoms with Crippen LogP contribution in [0.15, 0.2) is 30.5 Å². The molecule has 0 saturated carbocycles. The Labute approximate surface area is 159 Å². The van der Waals surface area contributed by atoms with Crippen LogP contribution in [0.5, 0.6) is 0 Å². The van der Waals surface area contributed by atoms with E-state index >= 15 is 0 Å². The smallest absolute Gasteiger partial charge is 0.255 e. The van der Waals surface area contributed by atoms with Crippen LogP contribution in [0.4, 0.5) is 0 Å². The molecule has 1 aromatic heterocycles. The van der Waals surface area contributed by atoms with Gasteiger partial charge < -0.3 is 10.6 Å². The molecule has 2 atom stereocenters. The lowest BCUT2D eigenvalue weighted by atomic mass is 9.99. The number of fused-ring (bicyclic) bond motifs is 2. The largest absolute Gasteiger partial charge is 0.349 e. The van der Waals surface area contributed by atoms with Crippen LogP contribution in [0.25, 0.3) is 5.69 Å². The van der Waals surface area contributed by atoms with Crippen LogP contribution in [-0.2, 0) is 0 Å². The van der Waals surface area contributed by atoms with Gasteiger partial charge in [0.1, 0.15) is 0 Å². The van der Waals surface area contributed by atoms with Crippen molar-refractivity contribution in [2.45, 2.75) is 63.6 Å². The van der Waals surface area contributed by atoms with E-state index < -0.39 is 0 Å². The predicted octanol–water partition coefficient (Wildman–Crippen LogP) is 3.66. The van der Waals surface area contributed by atoms with Gasteiger partial charge in [0.2, 0.25) is 0 Å². The summed E-state index contributed by atoms with van der Waals surface area (Å²) in [5.74, 6) is 0.148. The van der Waals surface area contributed by atoms with Crippen LogP contribution in [0.1, 0.15) is 61.5 Å². The molecule has 2 fully saturated rings. The van der Waals surface area contributed by atoms with Crippen molar-refractivity contribution in [3.63, 3.8) is 0 Å². The van der Waals surface area contributed by atoms with Gasteiger partial charge in [-0.1, -0.05) is 31.5 Å². The molecule has 0 aliphatic carbocycles. The summed E-state index contributed by atoms with van der Waals surface area (Å²) in [4.78, 5) is 13.0. The fraction of sp³-hybridized carbons (Fsp3) is 0.500. The summed E-state index contributed by atoms with van der Waals surface area (Å²) in [6.45, 7) is 4.17. The van der Waals surface area contributed by atoms with E-state index in [0.29, 0.717) is 22.7 Å². The van der Waals surface area contributed by atoms with Gasteiger partial charge in [0, 0.05) is 23.1 Å². The van der Waals surface area contributed by atoms with Crippen molar-refractivity contribution in [2.75, 3.05) is 0 Å². The highest BCUT2D eigenvalue weighted by molar-refractivity contribution is 6.30. The first-order chi connectivity index (χ1) is 12.5. The molecule has 0 radical (unpaired) electrons. The maximum absolute atomic E-state index is 13.0. The summed E-state index contributed by atoms with van der Waals surface area (Å²) >= 11 is 6.13. The predicted molar refractivity (Wildman–Crippen MR) is 103 cm³/mol. The van der Waals surface area contributed by atoms with E-state index in [0.717, 1.165) is 24.2 Å². The number of carbonyl (C=O) groups is 1. The SMILES string of the molecule is CC(C)c1c(C(=O)NC2CC3CCC(C2)N3)cnn1-c1cccc(Cl)c1. The van der Waals surface area contributed by atoms with E-state index in [2.05, 4.69) is 29.6 Å². The van der Waals surface area contributed by atoms with Gasteiger partial charge in [-0.2, -0.15) is 5.10 Å². The Morgan fingerprint density at radius 2 is 2.04 bits per heavy atom. The molecular weight excluding hydrogens is 348 g/mol. The second-order valence-corrected chi connectivity index (χ2v) is 8.21. The number of aromatic nitrogens is 2. The molecule has 26 heavy (non-hydrogen) atoms. The molecule has 1 amide bonds. The Balaban J connectivity index is 1.59. The molecule has 1 aromatic carbocycles. The van der Waals surface area contributed by atoms with Crippen molar-refractivity contribution in [2.24, 2.45) is 0 Å². The third kappa shape index (κ3) is 3.38. The zero-order chi connectivity index (χ0) is 18.3. The van der Waals surface area contributed by atoms with E-state index in [-0.39, 0.29) is 17.9 Å².